The van der Waals surface area contributed by atoms with E-state index in [9.17, 15) is 18.3 Å². The first-order valence-electron chi connectivity index (χ1n) is 5.76. The van der Waals surface area contributed by atoms with Gasteiger partial charge in [-0.2, -0.15) is 0 Å². The lowest BCUT2D eigenvalue weighted by molar-refractivity contribution is 0.0425. The molecule has 2 aromatic rings. The number of halogens is 4. The van der Waals surface area contributed by atoms with E-state index in [2.05, 4.69) is 0 Å². The fourth-order valence-corrected chi connectivity index (χ4v) is 2.98. The van der Waals surface area contributed by atoms with E-state index in [1.54, 1.807) is 6.07 Å². The van der Waals surface area contributed by atoms with Gasteiger partial charge in [-0.15, -0.1) is 0 Å². The molecule has 2 nitrogen and oxygen atoms in total. The van der Waals surface area contributed by atoms with Gasteiger partial charge in [0.1, 0.15) is 29.2 Å². The number of fused-ring (bicyclic) bond motifs is 1. The lowest BCUT2D eigenvalue weighted by Crippen LogP contribution is -2.23. The maximum Gasteiger partial charge on any atom is 0.159 e. The van der Waals surface area contributed by atoms with Crippen LogP contribution in [-0.2, 0) is 0 Å². The third-order valence-corrected chi connectivity index (χ3v) is 4.05. The van der Waals surface area contributed by atoms with Crippen LogP contribution in [0.5, 0.6) is 11.5 Å². The number of alkyl halides is 1. The highest BCUT2D eigenvalue weighted by Gasteiger charge is 2.41. The van der Waals surface area contributed by atoms with Gasteiger partial charge in [-0.3, -0.25) is 0 Å². The Morgan fingerprint density at radius 2 is 1.70 bits per heavy atom. The molecule has 6 heteroatoms. The van der Waals surface area contributed by atoms with E-state index < -0.39 is 23.9 Å². The molecule has 2 unspecified atom stereocenters. The second kappa shape index (κ2) is 4.92. The van der Waals surface area contributed by atoms with Crippen LogP contribution in [0, 0.1) is 15.2 Å². The predicted octanol–water partition coefficient (Wildman–Crippen LogP) is 4.42. The zero-order valence-electron chi connectivity index (χ0n) is 9.91. The summed E-state index contributed by atoms with van der Waals surface area (Å²) in [6, 6.07) is 5.91. The van der Waals surface area contributed by atoms with Crippen molar-refractivity contribution in [1.82, 2.24) is 0 Å². The van der Waals surface area contributed by atoms with Crippen molar-refractivity contribution in [2.24, 2.45) is 0 Å². The van der Waals surface area contributed by atoms with Crippen molar-refractivity contribution in [1.29, 1.82) is 0 Å². The lowest BCUT2D eigenvalue weighted by Gasteiger charge is -2.32. The van der Waals surface area contributed by atoms with Gasteiger partial charge in [-0.25, -0.2) is 13.2 Å². The van der Waals surface area contributed by atoms with Gasteiger partial charge in [0.2, 0.25) is 0 Å². The molecule has 1 N–H and O–H groups in total. The molecule has 0 fully saturated rings. The molecule has 0 saturated heterocycles. The monoisotopic (exact) mass is 392 g/mol. The average molecular weight is 392 g/mol. The summed E-state index contributed by atoms with van der Waals surface area (Å²) in [5.41, 5.74) is 0.696. The van der Waals surface area contributed by atoms with Gasteiger partial charge in [-0.05, 0) is 34.7 Å². The van der Waals surface area contributed by atoms with Crippen molar-refractivity contribution in [2.75, 3.05) is 0 Å². The van der Waals surface area contributed by atoms with Crippen LogP contribution in [0.1, 0.15) is 23.4 Å². The molecule has 2 atom stereocenters. The summed E-state index contributed by atoms with van der Waals surface area (Å²) >= 11 is 1.98. The number of aliphatic hydroxyl groups excluding tert-OH is 1. The van der Waals surface area contributed by atoms with Crippen LogP contribution < -0.4 is 4.74 Å². The van der Waals surface area contributed by atoms with Crippen molar-refractivity contribution in [3.8, 4) is 11.5 Å². The van der Waals surface area contributed by atoms with Gasteiger partial charge in [0.25, 0.3) is 0 Å². The Balaban J connectivity index is 2.00. The van der Waals surface area contributed by atoms with Crippen molar-refractivity contribution >= 4 is 22.6 Å². The van der Waals surface area contributed by atoms with E-state index in [1.807, 2.05) is 22.6 Å². The van der Waals surface area contributed by atoms with Gasteiger partial charge in [-0.1, -0.05) is 0 Å². The molecule has 104 valence electrons. The molecule has 3 rings (SSSR count). The Kier molecular flexibility index (Phi) is 3.37. The van der Waals surface area contributed by atoms with Crippen molar-refractivity contribution in [2.45, 2.75) is 12.3 Å². The van der Waals surface area contributed by atoms with E-state index in [0.29, 0.717) is 5.56 Å². The van der Waals surface area contributed by atoms with Crippen LogP contribution in [-0.4, -0.2) is 5.11 Å². The smallest absolute Gasteiger partial charge is 0.159 e. The predicted molar refractivity (Wildman–Crippen MR) is 74.4 cm³/mol. The first-order valence-corrected chi connectivity index (χ1v) is 6.83. The molecule has 1 aliphatic rings. The summed E-state index contributed by atoms with van der Waals surface area (Å²) in [5, 5.41) is 9.57. The summed E-state index contributed by atoms with van der Waals surface area (Å²) in [7, 11) is 0. The summed E-state index contributed by atoms with van der Waals surface area (Å²) in [6.07, 6.45) is -2.72. The first-order chi connectivity index (χ1) is 9.47. The summed E-state index contributed by atoms with van der Waals surface area (Å²) in [4.78, 5) is 0. The zero-order chi connectivity index (χ0) is 14.4. The maximum absolute atomic E-state index is 13.7. The van der Waals surface area contributed by atoms with Gasteiger partial charge in [0.05, 0.1) is 0 Å². The molecule has 0 spiro atoms. The Bertz CT molecular complexity index is 670. The Labute approximate surface area is 126 Å². The molecule has 0 aliphatic heterocycles. The topological polar surface area (TPSA) is 29.5 Å². The van der Waals surface area contributed by atoms with E-state index in [0.717, 1.165) is 21.8 Å². The molecule has 0 amide bonds. The van der Waals surface area contributed by atoms with Crippen LogP contribution in [0.4, 0.5) is 13.2 Å². The van der Waals surface area contributed by atoms with Crippen molar-refractivity contribution < 1.29 is 23.0 Å². The molecule has 0 saturated carbocycles. The normalized spacial score (nSPS) is 20.2. The second-order valence-corrected chi connectivity index (χ2v) is 5.59. The molecule has 0 bridgehead atoms. The molecule has 1 aliphatic carbocycles. The van der Waals surface area contributed by atoms with Gasteiger partial charge in [0, 0.05) is 32.9 Å². The van der Waals surface area contributed by atoms with Gasteiger partial charge < -0.3 is 9.84 Å². The minimum absolute atomic E-state index is 0.0560. The average Bonchev–Trinajstić information content (AvgIpc) is 2.38. The summed E-state index contributed by atoms with van der Waals surface area (Å²) in [6.45, 7) is 0. The maximum atomic E-state index is 13.7. The van der Waals surface area contributed by atoms with E-state index in [1.165, 1.54) is 6.07 Å². The quantitative estimate of drug-likeness (QED) is 0.767. The molecule has 0 heterocycles. The molecular formula is C14H8F3IO2. The number of benzene rings is 2. The SMILES string of the molecule is OC1c2c(I)ccc(Oc3cc(F)cc(F)c3)c2C1F. The van der Waals surface area contributed by atoms with Crippen LogP contribution in [0.15, 0.2) is 30.3 Å². The summed E-state index contributed by atoms with van der Waals surface area (Å²) in [5.74, 6) is -1.45. The number of hydrogen-bond acceptors (Lipinski definition) is 2. The zero-order valence-corrected chi connectivity index (χ0v) is 12.1. The highest BCUT2D eigenvalue weighted by molar-refractivity contribution is 14.1. The number of aliphatic hydroxyl groups is 1. The van der Waals surface area contributed by atoms with Gasteiger partial charge >= 0.3 is 0 Å². The standard InChI is InChI=1S/C14H8F3IO2/c15-6-3-7(16)5-8(4-6)20-10-2-1-9(18)11-12(10)13(17)14(11)19/h1-5,13-14,19H. The lowest BCUT2D eigenvalue weighted by atomic mass is 9.83. The van der Waals surface area contributed by atoms with Crippen LogP contribution >= 0.6 is 22.6 Å². The second-order valence-electron chi connectivity index (χ2n) is 4.43. The highest BCUT2D eigenvalue weighted by Crippen LogP contribution is 2.52. The Morgan fingerprint density at radius 3 is 2.35 bits per heavy atom. The Hall–Kier alpha value is -1.28. The van der Waals surface area contributed by atoms with Crippen LogP contribution in [0.3, 0.4) is 0 Å². The fourth-order valence-electron chi connectivity index (χ4n) is 2.19. The van der Waals surface area contributed by atoms with E-state index in [-0.39, 0.29) is 17.1 Å². The summed E-state index contributed by atoms with van der Waals surface area (Å²) < 4.78 is 46.0. The van der Waals surface area contributed by atoms with Crippen LogP contribution in [0.25, 0.3) is 0 Å². The number of hydrogen-bond donors (Lipinski definition) is 1. The highest BCUT2D eigenvalue weighted by atomic mass is 127. The molecule has 20 heavy (non-hydrogen) atoms. The fraction of sp³-hybridized carbons (Fsp3) is 0.143. The van der Waals surface area contributed by atoms with Crippen molar-refractivity contribution in [3.05, 3.63) is 56.7 Å². The van der Waals surface area contributed by atoms with Crippen molar-refractivity contribution in [3.63, 3.8) is 0 Å². The molecule has 0 radical (unpaired) electrons. The molecular weight excluding hydrogens is 384 g/mol. The van der Waals surface area contributed by atoms with Crippen LogP contribution in [0.2, 0.25) is 0 Å². The Morgan fingerprint density at radius 1 is 1.05 bits per heavy atom. The third kappa shape index (κ3) is 2.16. The molecule has 0 aromatic heterocycles. The minimum Gasteiger partial charge on any atom is -0.457 e. The first kappa shape index (κ1) is 13.7. The van der Waals surface area contributed by atoms with E-state index >= 15 is 0 Å². The number of ether oxygens (including phenoxy) is 1. The largest absolute Gasteiger partial charge is 0.457 e. The third-order valence-electron chi connectivity index (χ3n) is 3.11. The van der Waals surface area contributed by atoms with Gasteiger partial charge in [0.15, 0.2) is 6.17 Å². The molecule has 2 aromatic carbocycles. The number of rotatable bonds is 2. The van der Waals surface area contributed by atoms with E-state index in [4.69, 9.17) is 4.74 Å². The minimum atomic E-state index is -1.55.